The Kier molecular flexibility index (Phi) is 5.56. The standard InChI is InChI=1S/C12H17ClN2S/c1-9(2)7-14-12(16)15-8-10-3-5-11(13)6-4-10/h3-6,9H,7-8H2,1-2H3,(H2,14,15,16). The molecule has 1 aromatic carbocycles. The van der Waals surface area contributed by atoms with E-state index < -0.39 is 0 Å². The lowest BCUT2D eigenvalue weighted by Crippen LogP contribution is -2.36. The van der Waals surface area contributed by atoms with Gasteiger partial charge in [-0.15, -0.1) is 0 Å². The van der Waals surface area contributed by atoms with E-state index in [-0.39, 0.29) is 0 Å². The van der Waals surface area contributed by atoms with Crippen molar-refractivity contribution >= 4 is 28.9 Å². The van der Waals surface area contributed by atoms with Crippen molar-refractivity contribution < 1.29 is 0 Å². The Labute approximate surface area is 107 Å². The summed E-state index contributed by atoms with van der Waals surface area (Å²) in [7, 11) is 0. The lowest BCUT2D eigenvalue weighted by atomic mass is 10.2. The summed E-state index contributed by atoms with van der Waals surface area (Å²) in [5, 5.41) is 7.76. The average molecular weight is 257 g/mol. The van der Waals surface area contributed by atoms with E-state index in [0.717, 1.165) is 23.7 Å². The smallest absolute Gasteiger partial charge is 0.166 e. The van der Waals surface area contributed by atoms with Crippen molar-refractivity contribution in [3.63, 3.8) is 0 Å². The molecule has 0 heterocycles. The molecule has 0 radical (unpaired) electrons. The normalized spacial score (nSPS) is 10.2. The van der Waals surface area contributed by atoms with Gasteiger partial charge in [-0.05, 0) is 35.8 Å². The first-order chi connectivity index (χ1) is 7.58. The number of thiocarbonyl (C=S) groups is 1. The molecular formula is C12H17ClN2S. The first kappa shape index (κ1) is 13.3. The summed E-state index contributed by atoms with van der Waals surface area (Å²) in [4.78, 5) is 0. The fourth-order valence-corrected chi connectivity index (χ4v) is 1.43. The fraction of sp³-hybridized carbons (Fsp3) is 0.417. The van der Waals surface area contributed by atoms with Crippen molar-refractivity contribution in [3.05, 3.63) is 34.9 Å². The van der Waals surface area contributed by atoms with E-state index in [0.29, 0.717) is 11.0 Å². The van der Waals surface area contributed by atoms with E-state index in [4.69, 9.17) is 23.8 Å². The van der Waals surface area contributed by atoms with Crippen molar-refractivity contribution in [3.8, 4) is 0 Å². The average Bonchev–Trinajstić information content (AvgIpc) is 2.25. The van der Waals surface area contributed by atoms with Crippen molar-refractivity contribution in [2.24, 2.45) is 5.92 Å². The molecule has 0 amide bonds. The molecule has 0 aromatic heterocycles. The van der Waals surface area contributed by atoms with Gasteiger partial charge in [0.15, 0.2) is 5.11 Å². The molecule has 4 heteroatoms. The zero-order valence-corrected chi connectivity index (χ0v) is 11.2. The monoisotopic (exact) mass is 256 g/mol. The van der Waals surface area contributed by atoms with E-state index in [2.05, 4.69) is 24.5 Å². The van der Waals surface area contributed by atoms with Gasteiger partial charge in [0.05, 0.1) is 0 Å². The Hall–Kier alpha value is -0.800. The SMILES string of the molecule is CC(C)CNC(=S)NCc1ccc(Cl)cc1. The van der Waals surface area contributed by atoms with Crippen LogP contribution in [0.25, 0.3) is 0 Å². The van der Waals surface area contributed by atoms with Crippen LogP contribution in [0.4, 0.5) is 0 Å². The molecule has 0 unspecified atom stereocenters. The molecule has 2 N–H and O–H groups in total. The van der Waals surface area contributed by atoms with E-state index >= 15 is 0 Å². The summed E-state index contributed by atoms with van der Waals surface area (Å²) in [6.07, 6.45) is 0. The number of rotatable bonds is 4. The first-order valence-corrected chi connectivity index (χ1v) is 6.12. The van der Waals surface area contributed by atoms with Crippen LogP contribution in [0.15, 0.2) is 24.3 Å². The summed E-state index contributed by atoms with van der Waals surface area (Å²) in [5.41, 5.74) is 1.16. The summed E-state index contributed by atoms with van der Waals surface area (Å²) in [6, 6.07) is 7.73. The number of nitrogens with one attached hydrogen (secondary N) is 2. The Morgan fingerprint density at radius 2 is 1.88 bits per heavy atom. The van der Waals surface area contributed by atoms with Crippen molar-refractivity contribution in [1.29, 1.82) is 0 Å². The first-order valence-electron chi connectivity index (χ1n) is 5.34. The maximum Gasteiger partial charge on any atom is 0.166 e. The van der Waals surface area contributed by atoms with E-state index in [1.54, 1.807) is 0 Å². The minimum absolute atomic E-state index is 0.593. The predicted molar refractivity (Wildman–Crippen MR) is 73.7 cm³/mol. The molecule has 88 valence electrons. The molecule has 0 fully saturated rings. The van der Waals surface area contributed by atoms with Gasteiger partial charge >= 0.3 is 0 Å². The molecule has 1 rings (SSSR count). The fourth-order valence-electron chi connectivity index (χ4n) is 1.14. The van der Waals surface area contributed by atoms with Crippen LogP contribution in [0.1, 0.15) is 19.4 Å². The van der Waals surface area contributed by atoms with Gasteiger partial charge in [0.25, 0.3) is 0 Å². The van der Waals surface area contributed by atoms with Crippen molar-refractivity contribution in [2.45, 2.75) is 20.4 Å². The van der Waals surface area contributed by atoms with Crippen molar-refractivity contribution in [1.82, 2.24) is 10.6 Å². The lowest BCUT2D eigenvalue weighted by Gasteiger charge is -2.12. The Morgan fingerprint density at radius 3 is 2.44 bits per heavy atom. The number of benzene rings is 1. The second kappa shape index (κ2) is 6.71. The molecule has 0 bridgehead atoms. The Balaban J connectivity index is 2.29. The van der Waals surface area contributed by atoms with Crippen LogP contribution in [-0.4, -0.2) is 11.7 Å². The second-order valence-corrected chi connectivity index (χ2v) is 4.93. The van der Waals surface area contributed by atoms with Gasteiger partial charge < -0.3 is 10.6 Å². The molecule has 0 aliphatic heterocycles. The van der Waals surface area contributed by atoms with Crippen LogP contribution >= 0.6 is 23.8 Å². The quantitative estimate of drug-likeness (QED) is 0.810. The van der Waals surface area contributed by atoms with E-state index in [9.17, 15) is 0 Å². The van der Waals surface area contributed by atoms with Crippen LogP contribution in [0.3, 0.4) is 0 Å². The summed E-state index contributed by atoms with van der Waals surface area (Å²) >= 11 is 10.9. The molecular weight excluding hydrogens is 240 g/mol. The van der Waals surface area contributed by atoms with Gasteiger partial charge in [0.1, 0.15) is 0 Å². The van der Waals surface area contributed by atoms with Gasteiger partial charge in [-0.25, -0.2) is 0 Å². The second-order valence-electron chi connectivity index (χ2n) is 4.08. The third-order valence-corrected chi connectivity index (χ3v) is 2.58. The van der Waals surface area contributed by atoms with E-state index in [1.165, 1.54) is 0 Å². The zero-order chi connectivity index (χ0) is 12.0. The highest BCUT2D eigenvalue weighted by Gasteiger charge is 1.98. The molecule has 0 aliphatic carbocycles. The van der Waals surface area contributed by atoms with Crippen LogP contribution in [0.2, 0.25) is 5.02 Å². The molecule has 0 saturated heterocycles. The summed E-state index contributed by atoms with van der Waals surface area (Å²) in [5.74, 6) is 0.593. The highest BCUT2D eigenvalue weighted by Crippen LogP contribution is 2.08. The Morgan fingerprint density at radius 1 is 1.25 bits per heavy atom. The summed E-state index contributed by atoms with van der Waals surface area (Å²) < 4.78 is 0. The molecule has 2 nitrogen and oxygen atoms in total. The molecule has 0 atom stereocenters. The van der Waals surface area contributed by atoms with Gasteiger partial charge in [-0.2, -0.15) is 0 Å². The largest absolute Gasteiger partial charge is 0.362 e. The zero-order valence-electron chi connectivity index (χ0n) is 9.59. The van der Waals surface area contributed by atoms with Crippen molar-refractivity contribution in [2.75, 3.05) is 6.54 Å². The molecule has 0 aliphatic rings. The maximum absolute atomic E-state index is 5.80. The number of hydrogen-bond donors (Lipinski definition) is 2. The third-order valence-electron chi connectivity index (χ3n) is 2.04. The van der Waals surface area contributed by atoms with Gasteiger partial charge in [0, 0.05) is 18.1 Å². The molecule has 16 heavy (non-hydrogen) atoms. The molecule has 1 aromatic rings. The predicted octanol–water partition coefficient (Wildman–Crippen LogP) is 2.96. The third kappa shape index (κ3) is 5.33. The maximum atomic E-state index is 5.80. The van der Waals surface area contributed by atoms with Crippen LogP contribution in [0.5, 0.6) is 0 Å². The highest BCUT2D eigenvalue weighted by atomic mass is 35.5. The highest BCUT2D eigenvalue weighted by molar-refractivity contribution is 7.80. The van der Waals surface area contributed by atoms with Crippen LogP contribution < -0.4 is 10.6 Å². The number of hydrogen-bond acceptors (Lipinski definition) is 1. The van der Waals surface area contributed by atoms with Gasteiger partial charge in [0.2, 0.25) is 0 Å². The number of halogens is 1. The topological polar surface area (TPSA) is 24.1 Å². The van der Waals surface area contributed by atoms with Gasteiger partial charge in [-0.3, -0.25) is 0 Å². The minimum Gasteiger partial charge on any atom is -0.362 e. The molecule has 0 spiro atoms. The van der Waals surface area contributed by atoms with Gasteiger partial charge in [-0.1, -0.05) is 37.6 Å². The minimum atomic E-state index is 0.593. The summed E-state index contributed by atoms with van der Waals surface area (Å²) in [6.45, 7) is 5.91. The van der Waals surface area contributed by atoms with Crippen LogP contribution in [0, 0.1) is 5.92 Å². The lowest BCUT2D eigenvalue weighted by molar-refractivity contribution is 0.619. The Bertz CT molecular complexity index is 335. The molecule has 0 saturated carbocycles. The van der Waals surface area contributed by atoms with Crippen LogP contribution in [-0.2, 0) is 6.54 Å². The van der Waals surface area contributed by atoms with E-state index in [1.807, 2.05) is 24.3 Å².